The molecule has 3 aliphatic heterocycles. The van der Waals surface area contributed by atoms with Crippen LogP contribution in [0.2, 0.25) is 0 Å². The Morgan fingerprint density at radius 2 is 1.94 bits per heavy atom. The summed E-state index contributed by atoms with van der Waals surface area (Å²) in [6, 6.07) is 0. The lowest BCUT2D eigenvalue weighted by atomic mass is 9.50. The summed E-state index contributed by atoms with van der Waals surface area (Å²) in [4.78, 5) is 14.0. The van der Waals surface area contributed by atoms with Crippen molar-refractivity contribution in [2.45, 2.75) is 103 Å². The highest BCUT2D eigenvalue weighted by Crippen LogP contribution is 2.61. The van der Waals surface area contributed by atoms with E-state index in [1.165, 1.54) is 18.4 Å². The number of nitrogens with zero attached hydrogens (tertiary/aromatic N) is 1. The largest absolute Gasteiger partial charge is 0.444 e. The molecule has 3 saturated heterocycles. The molecule has 4 unspecified atom stereocenters. The van der Waals surface area contributed by atoms with E-state index in [9.17, 15) is 9.90 Å². The molecule has 34 heavy (non-hydrogen) atoms. The number of hydrogen-bond donors (Lipinski definition) is 1. The maximum Gasteiger partial charge on any atom is 0.410 e. The number of aliphatic hydroxyl groups is 1. The minimum Gasteiger partial charge on any atom is -0.444 e. The third-order valence-corrected chi connectivity index (χ3v) is 9.86. The van der Waals surface area contributed by atoms with Crippen LogP contribution < -0.4 is 0 Å². The van der Waals surface area contributed by atoms with Gasteiger partial charge in [0.25, 0.3) is 0 Å². The van der Waals surface area contributed by atoms with Crippen molar-refractivity contribution in [1.29, 1.82) is 0 Å². The second kappa shape index (κ2) is 8.77. The van der Waals surface area contributed by atoms with Gasteiger partial charge in [0.2, 0.25) is 0 Å². The fraction of sp³-hybridized carbons (Fsp3) is 0.893. The number of amides is 1. The van der Waals surface area contributed by atoms with E-state index in [1.807, 2.05) is 25.7 Å². The Hall–Kier alpha value is -1.11. The number of hydrogen-bond acceptors (Lipinski definition) is 5. The zero-order valence-corrected chi connectivity index (χ0v) is 21.8. The Morgan fingerprint density at radius 1 is 1.18 bits per heavy atom. The number of ether oxygens (including phenoxy) is 3. The Bertz CT molecular complexity index is 814. The first-order valence-electron chi connectivity index (χ1n) is 13.6. The van der Waals surface area contributed by atoms with Crippen LogP contribution in [0.25, 0.3) is 0 Å². The molecule has 192 valence electrons. The molecule has 0 aromatic rings. The zero-order valence-electron chi connectivity index (χ0n) is 21.8. The topological polar surface area (TPSA) is 68.2 Å². The molecule has 5 rings (SSSR count). The fourth-order valence-electron chi connectivity index (χ4n) is 7.81. The van der Waals surface area contributed by atoms with Crippen molar-refractivity contribution in [2.75, 3.05) is 26.3 Å². The van der Waals surface area contributed by atoms with Crippen molar-refractivity contribution in [3.05, 3.63) is 11.6 Å². The number of rotatable bonds is 3. The van der Waals surface area contributed by atoms with Gasteiger partial charge in [-0.3, -0.25) is 0 Å². The predicted octanol–water partition coefficient (Wildman–Crippen LogP) is 4.94. The van der Waals surface area contributed by atoms with Gasteiger partial charge >= 0.3 is 6.09 Å². The van der Waals surface area contributed by atoms with Crippen molar-refractivity contribution in [1.82, 2.24) is 4.90 Å². The Kier molecular flexibility index (Phi) is 6.34. The molecule has 0 bridgehead atoms. The van der Waals surface area contributed by atoms with Crippen LogP contribution >= 0.6 is 0 Å². The minimum absolute atomic E-state index is 0.0416. The van der Waals surface area contributed by atoms with Crippen LogP contribution in [-0.4, -0.2) is 65.8 Å². The van der Waals surface area contributed by atoms with Crippen LogP contribution in [0.15, 0.2) is 11.6 Å². The molecule has 1 N–H and O–H groups in total. The highest BCUT2D eigenvalue weighted by atomic mass is 16.6. The zero-order chi connectivity index (χ0) is 24.3. The maximum absolute atomic E-state index is 12.2. The Labute approximate surface area is 205 Å². The number of carbonyl (C=O) groups is 1. The Balaban J connectivity index is 1.21. The van der Waals surface area contributed by atoms with Crippen molar-refractivity contribution < 1.29 is 24.1 Å². The van der Waals surface area contributed by atoms with E-state index in [-0.39, 0.29) is 35.9 Å². The lowest BCUT2D eigenvalue weighted by molar-refractivity contribution is -0.245. The van der Waals surface area contributed by atoms with E-state index in [1.54, 1.807) is 0 Å². The monoisotopic (exact) mass is 475 g/mol. The first kappa shape index (κ1) is 24.6. The molecule has 2 aliphatic carbocycles. The van der Waals surface area contributed by atoms with E-state index in [0.29, 0.717) is 23.7 Å². The first-order valence-corrected chi connectivity index (χ1v) is 13.6. The molecule has 7 atom stereocenters. The fourth-order valence-corrected chi connectivity index (χ4v) is 7.81. The first-order chi connectivity index (χ1) is 16.0. The van der Waals surface area contributed by atoms with Crippen LogP contribution in [0, 0.1) is 29.1 Å². The van der Waals surface area contributed by atoms with Gasteiger partial charge in [-0.05, 0) is 95.8 Å². The van der Waals surface area contributed by atoms with Gasteiger partial charge in [0.1, 0.15) is 5.60 Å². The van der Waals surface area contributed by atoms with E-state index in [0.717, 1.165) is 51.8 Å². The Morgan fingerprint density at radius 3 is 2.65 bits per heavy atom. The average Bonchev–Trinajstić information content (AvgIpc) is 3.12. The molecule has 2 saturated carbocycles. The van der Waals surface area contributed by atoms with Crippen LogP contribution in [-0.2, 0) is 14.2 Å². The van der Waals surface area contributed by atoms with Crippen LogP contribution in [0.5, 0.6) is 0 Å². The van der Waals surface area contributed by atoms with E-state index < -0.39 is 5.60 Å². The summed E-state index contributed by atoms with van der Waals surface area (Å²) in [5.41, 5.74) is 1.26. The van der Waals surface area contributed by atoms with Gasteiger partial charge in [-0.15, -0.1) is 0 Å². The number of fused-ring (bicyclic) bond motifs is 5. The smallest absolute Gasteiger partial charge is 0.410 e. The number of likely N-dealkylation sites (tertiary alicyclic amines) is 1. The molecule has 6 nitrogen and oxygen atoms in total. The lowest BCUT2D eigenvalue weighted by Crippen LogP contribution is -2.62. The van der Waals surface area contributed by atoms with Crippen molar-refractivity contribution in [3.63, 3.8) is 0 Å². The van der Waals surface area contributed by atoms with Gasteiger partial charge in [-0.25, -0.2) is 4.79 Å². The number of aliphatic hydroxyl groups excluding tert-OH is 1. The van der Waals surface area contributed by atoms with Crippen LogP contribution in [0.4, 0.5) is 4.79 Å². The van der Waals surface area contributed by atoms with Gasteiger partial charge in [0.05, 0.1) is 24.4 Å². The van der Waals surface area contributed by atoms with Crippen molar-refractivity contribution in [2.24, 2.45) is 29.1 Å². The second-order valence-corrected chi connectivity index (χ2v) is 13.2. The summed E-state index contributed by atoms with van der Waals surface area (Å²) in [5, 5.41) is 10.3. The van der Waals surface area contributed by atoms with Gasteiger partial charge in [0, 0.05) is 25.6 Å². The molecular weight excluding hydrogens is 430 g/mol. The van der Waals surface area contributed by atoms with Crippen LogP contribution in [0.1, 0.15) is 79.6 Å². The number of allylic oxidation sites excluding steroid dienone is 2. The van der Waals surface area contributed by atoms with E-state index in [4.69, 9.17) is 14.2 Å². The summed E-state index contributed by atoms with van der Waals surface area (Å²) in [6.07, 6.45) is 10.2. The molecule has 3 heterocycles. The lowest BCUT2D eigenvalue weighted by Gasteiger charge is -2.61. The summed E-state index contributed by atoms with van der Waals surface area (Å²) in [6.45, 7) is 13.0. The minimum atomic E-state index is -0.440. The molecule has 1 amide bonds. The van der Waals surface area contributed by atoms with Gasteiger partial charge in [-0.1, -0.05) is 18.6 Å². The quantitative estimate of drug-likeness (QED) is 0.586. The molecule has 0 aromatic heterocycles. The third-order valence-electron chi connectivity index (χ3n) is 9.86. The molecule has 5 fully saturated rings. The SMILES string of the molecule is CC(C)(C)OC(=O)N1CC(C/C=C2\CC[C@]3(C)C4CC[C@]5(C)OCCC5C4O[C@H](CO)C3C2)C1. The number of carbonyl (C=O) groups excluding carboxylic acids is 1. The molecule has 0 aromatic carbocycles. The molecular formula is C28H45NO5. The summed E-state index contributed by atoms with van der Waals surface area (Å²) >= 11 is 0. The standard InChI is InChI=1S/C28H45NO5/c1-26(2,3)34-25(31)29-15-19(16-29)7-6-18-8-11-27(4)20-9-12-28(5)21(10-13-32-28)24(20)33-23(17-30)22(27)14-18/h6,19-24,30H,7-17H2,1-5H3/b18-6+/t20?,21?,22?,23-,24?,27-,28+/m1/s1. The van der Waals surface area contributed by atoms with E-state index >= 15 is 0 Å². The van der Waals surface area contributed by atoms with Gasteiger partial charge in [-0.2, -0.15) is 0 Å². The highest BCUT2D eigenvalue weighted by Gasteiger charge is 2.61. The van der Waals surface area contributed by atoms with Gasteiger partial charge < -0.3 is 24.2 Å². The van der Waals surface area contributed by atoms with Crippen molar-refractivity contribution >= 4 is 6.09 Å². The highest BCUT2D eigenvalue weighted by molar-refractivity contribution is 5.69. The van der Waals surface area contributed by atoms with Gasteiger partial charge in [0.15, 0.2) is 0 Å². The predicted molar refractivity (Wildman–Crippen MR) is 130 cm³/mol. The maximum atomic E-state index is 12.2. The average molecular weight is 476 g/mol. The van der Waals surface area contributed by atoms with Crippen molar-refractivity contribution in [3.8, 4) is 0 Å². The molecule has 6 heteroatoms. The summed E-state index contributed by atoms with van der Waals surface area (Å²) < 4.78 is 18.4. The second-order valence-electron chi connectivity index (χ2n) is 13.2. The normalized spacial score (nSPS) is 43.6. The molecule has 0 spiro atoms. The summed E-state index contributed by atoms with van der Waals surface area (Å²) in [7, 11) is 0. The molecule has 0 radical (unpaired) electrons. The third kappa shape index (κ3) is 4.32. The molecule has 5 aliphatic rings. The van der Waals surface area contributed by atoms with E-state index in [2.05, 4.69) is 19.9 Å². The summed E-state index contributed by atoms with van der Waals surface area (Å²) in [5.74, 6) is 1.93. The van der Waals surface area contributed by atoms with Crippen LogP contribution in [0.3, 0.4) is 0 Å².